The molecule has 0 bridgehead atoms. The van der Waals surface area contributed by atoms with Crippen LogP contribution in [-0.4, -0.2) is 119 Å². The van der Waals surface area contributed by atoms with E-state index in [2.05, 4.69) is 41.7 Å². The standard InChI is InChI=1S/C60H69N13O7S2/c1-34(36-11-13-38(14-12-36)51-35(2)64-33-81-51)65-56(75)43-25-39(74)29-72(43)57(76)52(58(3,4)5)73-30-42(68-70-73)37-16-23-71(24-17-37)31-59(20-21-59)32-78-47-26-48(79-45-28-63-22-15-44(45)77-6)67-55(66-47)50-40-9-7-18-60(53(40)80-69-50)19-8-10-46-49(60)41(27-61)54(62)82-46/h11-15,22,26,28,30,33-34,37,39,43,52,74H,7-10,16-21,23-25,29,31-32,62H2,1-6H3,(H,65,75)/t34-,39+,43-,52+,60-/m0/s1. The molecule has 5 aliphatic rings. The lowest BCUT2D eigenvalue weighted by molar-refractivity contribution is -0.144. The zero-order valence-corrected chi connectivity index (χ0v) is 48.8. The van der Waals surface area contributed by atoms with Crippen LogP contribution in [0.2, 0.25) is 0 Å². The number of β-amino-alcohol motifs (C(OH)–C–C–N with tert-alkyl or cyclic N) is 1. The van der Waals surface area contributed by atoms with E-state index in [0.717, 1.165) is 127 Å². The number of amides is 2. The van der Waals surface area contributed by atoms with Crippen LogP contribution in [0.15, 0.2) is 65.0 Å². The van der Waals surface area contributed by atoms with Crippen LogP contribution in [0.5, 0.6) is 23.3 Å². The molecule has 8 heterocycles. The average Bonchev–Trinajstić information content (AvgIpc) is 4.22. The van der Waals surface area contributed by atoms with Gasteiger partial charge < -0.3 is 44.7 Å². The summed E-state index contributed by atoms with van der Waals surface area (Å²) in [5.41, 5.74) is 13.9. The van der Waals surface area contributed by atoms with Crippen molar-refractivity contribution < 1.29 is 33.4 Å². The minimum atomic E-state index is -0.842. The first-order valence-corrected chi connectivity index (χ1v) is 30.2. The van der Waals surface area contributed by atoms with Gasteiger partial charge >= 0.3 is 0 Å². The molecule has 0 unspecified atom stereocenters. The van der Waals surface area contributed by atoms with Crippen LogP contribution >= 0.6 is 22.7 Å². The smallest absolute Gasteiger partial charge is 0.248 e. The van der Waals surface area contributed by atoms with Crippen molar-refractivity contribution in [3.8, 4) is 51.3 Å². The van der Waals surface area contributed by atoms with Gasteiger partial charge in [-0.05, 0) is 113 Å². The summed E-state index contributed by atoms with van der Waals surface area (Å²) in [7, 11) is 1.57. The van der Waals surface area contributed by atoms with Gasteiger partial charge in [0.1, 0.15) is 23.2 Å². The zero-order chi connectivity index (χ0) is 57.1. The van der Waals surface area contributed by atoms with Gasteiger partial charge in [0.15, 0.2) is 28.8 Å². The summed E-state index contributed by atoms with van der Waals surface area (Å²) in [6, 6.07) is 12.0. The summed E-state index contributed by atoms with van der Waals surface area (Å²) < 4.78 is 26.6. The number of nitrogens with one attached hydrogen (secondary N) is 1. The number of nitrogens with two attached hydrogens (primary N) is 1. The summed E-state index contributed by atoms with van der Waals surface area (Å²) in [4.78, 5) is 53.5. The lowest BCUT2D eigenvalue weighted by Gasteiger charge is -2.39. The van der Waals surface area contributed by atoms with Crippen LogP contribution in [0.25, 0.3) is 22.0 Å². The highest BCUT2D eigenvalue weighted by molar-refractivity contribution is 7.16. The van der Waals surface area contributed by atoms with E-state index in [-0.39, 0.29) is 48.0 Å². The molecule has 3 aliphatic carbocycles. The second kappa shape index (κ2) is 22.1. The SMILES string of the molecule is COc1ccncc1Oc1cc(OCC2(CN3CCC(c4cn([C@H](C(=O)N5C[C@H](O)C[C@H]5C(=O)N[C@@H](C)c5ccc(-c6scnc6C)cc5)C(C)(C)C)nn4)CC3)CC2)nc(-c2noc3c2CCC[C@@]32CCCc3sc(N)c(C#N)c32)n1. The number of nitrogens with zero attached hydrogens (tertiary/aromatic N) is 11. The third-order valence-electron chi connectivity index (χ3n) is 17.5. The number of thiophene rings is 1. The number of aryl methyl sites for hydroxylation is 2. The van der Waals surface area contributed by atoms with E-state index in [0.29, 0.717) is 52.5 Å². The summed E-state index contributed by atoms with van der Waals surface area (Å²) in [6.45, 7) is 12.9. The normalized spacial score (nSPS) is 21.3. The maximum absolute atomic E-state index is 14.7. The predicted octanol–water partition coefficient (Wildman–Crippen LogP) is 9.29. The molecule has 428 valence electrons. The number of aliphatic hydroxyl groups excluding tert-OH is 1. The van der Waals surface area contributed by atoms with Crippen molar-refractivity contribution in [2.45, 2.75) is 141 Å². The van der Waals surface area contributed by atoms with Gasteiger partial charge in [-0.25, -0.2) is 9.67 Å². The summed E-state index contributed by atoms with van der Waals surface area (Å²) in [5.74, 6) is 2.09. The number of thiazole rings is 1. The van der Waals surface area contributed by atoms with Crippen molar-refractivity contribution >= 4 is 39.5 Å². The Bertz CT molecular complexity index is 3550. The minimum Gasteiger partial charge on any atom is -0.493 e. The van der Waals surface area contributed by atoms with Crippen molar-refractivity contribution in [1.29, 1.82) is 5.26 Å². The van der Waals surface area contributed by atoms with Gasteiger partial charge in [0.2, 0.25) is 23.6 Å². The van der Waals surface area contributed by atoms with Gasteiger partial charge in [-0.1, -0.05) is 55.4 Å². The fraction of sp³-hybridized carbons (Fsp3) is 0.500. The Morgan fingerprint density at radius 1 is 1.05 bits per heavy atom. The van der Waals surface area contributed by atoms with E-state index < -0.39 is 29.0 Å². The maximum Gasteiger partial charge on any atom is 0.248 e. The Morgan fingerprint density at radius 3 is 2.54 bits per heavy atom. The Balaban J connectivity index is 0.705. The van der Waals surface area contributed by atoms with E-state index in [9.17, 15) is 20.0 Å². The van der Waals surface area contributed by atoms with Gasteiger partial charge in [0.05, 0.1) is 70.9 Å². The molecule has 12 rings (SSSR count). The molecule has 6 aromatic heterocycles. The number of aromatic nitrogens is 8. The first-order valence-electron chi connectivity index (χ1n) is 28.5. The van der Waals surface area contributed by atoms with Crippen LogP contribution in [0, 0.1) is 29.1 Å². The largest absolute Gasteiger partial charge is 0.493 e. The van der Waals surface area contributed by atoms with Crippen LogP contribution < -0.4 is 25.3 Å². The molecule has 22 heteroatoms. The van der Waals surface area contributed by atoms with Crippen molar-refractivity contribution in [1.82, 2.24) is 55.2 Å². The summed E-state index contributed by atoms with van der Waals surface area (Å²) in [5, 5.41) is 38.8. The first-order chi connectivity index (χ1) is 39.5. The van der Waals surface area contributed by atoms with Gasteiger partial charge in [-0.15, -0.1) is 27.8 Å². The highest BCUT2D eigenvalue weighted by atomic mass is 32.1. The molecule has 7 aromatic rings. The van der Waals surface area contributed by atoms with E-state index in [1.807, 2.05) is 70.6 Å². The number of carbonyl (C=O) groups is 2. The Kier molecular flexibility index (Phi) is 14.9. The van der Waals surface area contributed by atoms with Gasteiger partial charge in [0.25, 0.3) is 0 Å². The molecule has 2 amide bonds. The maximum atomic E-state index is 14.7. The van der Waals surface area contributed by atoms with E-state index in [4.69, 9.17) is 34.4 Å². The number of nitriles is 1. The Labute approximate surface area is 484 Å². The number of fused-ring (bicyclic) bond motifs is 4. The van der Waals surface area contributed by atoms with E-state index in [1.54, 1.807) is 47.7 Å². The molecule has 5 atom stereocenters. The van der Waals surface area contributed by atoms with Crippen LogP contribution in [-0.2, 0) is 27.8 Å². The second-order valence-corrected chi connectivity index (χ2v) is 26.1. The van der Waals surface area contributed by atoms with Gasteiger partial charge in [0, 0.05) is 59.7 Å². The summed E-state index contributed by atoms with van der Waals surface area (Å²) >= 11 is 3.10. The van der Waals surface area contributed by atoms with Gasteiger partial charge in [-0.2, -0.15) is 15.2 Å². The average molecular weight is 1150 g/mol. The molecule has 1 spiro atoms. The van der Waals surface area contributed by atoms with E-state index in [1.165, 1.54) is 16.2 Å². The zero-order valence-electron chi connectivity index (χ0n) is 47.2. The molecular weight excluding hydrogens is 1080 g/mol. The third-order valence-corrected chi connectivity index (χ3v) is 19.5. The van der Waals surface area contributed by atoms with Crippen molar-refractivity contribution in [2.24, 2.45) is 10.8 Å². The number of aliphatic hydroxyl groups is 1. The van der Waals surface area contributed by atoms with Crippen LogP contribution in [0.1, 0.15) is 148 Å². The molecule has 1 saturated carbocycles. The van der Waals surface area contributed by atoms with Gasteiger partial charge in [-0.3, -0.25) is 14.6 Å². The lowest BCUT2D eigenvalue weighted by Crippen LogP contribution is -2.50. The van der Waals surface area contributed by atoms with Crippen LogP contribution in [0.3, 0.4) is 0 Å². The van der Waals surface area contributed by atoms with Crippen molar-refractivity contribution in [3.63, 3.8) is 0 Å². The van der Waals surface area contributed by atoms with E-state index >= 15 is 0 Å². The molecule has 0 radical (unpaired) electrons. The number of benzene rings is 1. The number of anilines is 1. The number of rotatable bonds is 16. The molecule has 2 saturated heterocycles. The molecule has 20 nitrogen and oxygen atoms in total. The monoisotopic (exact) mass is 1150 g/mol. The number of likely N-dealkylation sites (tertiary alicyclic amines) is 2. The second-order valence-electron chi connectivity index (χ2n) is 24.1. The number of piperidine rings is 1. The number of carbonyl (C=O) groups excluding carboxylic acids is 2. The summed E-state index contributed by atoms with van der Waals surface area (Å²) in [6.07, 6.45) is 13.2. The fourth-order valence-corrected chi connectivity index (χ4v) is 15.0. The Hall–Kier alpha value is -7.32. The molecule has 82 heavy (non-hydrogen) atoms. The fourth-order valence-electron chi connectivity index (χ4n) is 13.0. The number of ether oxygens (including phenoxy) is 3. The number of hydrogen-bond donors (Lipinski definition) is 3. The molecule has 1 aromatic carbocycles. The number of pyridine rings is 1. The predicted molar refractivity (Wildman–Crippen MR) is 308 cm³/mol. The topological polar surface area (TPSA) is 259 Å². The van der Waals surface area contributed by atoms with Crippen LogP contribution in [0.4, 0.5) is 5.00 Å². The Morgan fingerprint density at radius 2 is 1.82 bits per heavy atom. The quantitative estimate of drug-likeness (QED) is 0.0814. The first kappa shape index (κ1) is 55.2. The molecule has 2 aliphatic heterocycles. The molecule has 3 fully saturated rings. The highest BCUT2D eigenvalue weighted by Crippen LogP contribution is 2.55. The number of hydrogen-bond acceptors (Lipinski definition) is 19. The van der Waals surface area contributed by atoms with Crippen molar-refractivity contribution in [3.05, 3.63) is 105 Å². The molecular formula is C60H69N13O7S2. The minimum absolute atomic E-state index is 0.0514. The molecule has 4 N–H and O–H groups in total. The highest BCUT2D eigenvalue weighted by Gasteiger charge is 2.50. The number of nitrogen functional groups attached to an aromatic ring is 1. The van der Waals surface area contributed by atoms with Crippen molar-refractivity contribution in [2.75, 3.05) is 45.6 Å². The lowest BCUT2D eigenvalue weighted by atomic mass is 9.63. The number of methoxy groups -OCH3 is 1. The third kappa shape index (κ3) is 10.6.